The first-order chi connectivity index (χ1) is 7.60. The molecule has 1 amide bonds. The van der Waals surface area contributed by atoms with Crippen molar-refractivity contribution in [2.75, 3.05) is 6.54 Å². The summed E-state index contributed by atoms with van der Waals surface area (Å²) in [5, 5.41) is 6.18. The smallest absolute Gasteiger partial charge is 0.234 e. The lowest BCUT2D eigenvalue weighted by atomic mass is 10.1. The minimum absolute atomic E-state index is 0.0784. The first-order valence-electron chi connectivity index (χ1n) is 6.23. The molecule has 0 heterocycles. The second kappa shape index (κ2) is 9.40. The van der Waals surface area contributed by atoms with Gasteiger partial charge in [0, 0.05) is 12.1 Å². The number of carbonyl (C=O) groups excluding carboxylic acids is 1. The Balaban J connectivity index is 3.81. The summed E-state index contributed by atoms with van der Waals surface area (Å²) in [6, 6.07) is 0.646. The zero-order chi connectivity index (χ0) is 12.4. The predicted molar refractivity (Wildman–Crippen MR) is 69.4 cm³/mol. The average molecular weight is 226 g/mol. The zero-order valence-electron chi connectivity index (χ0n) is 10.9. The fourth-order valence-corrected chi connectivity index (χ4v) is 1.63. The molecule has 0 aromatic carbocycles. The molecule has 0 aliphatic heterocycles. The molecule has 0 rings (SSSR count). The maximum atomic E-state index is 11.4. The third-order valence-electron chi connectivity index (χ3n) is 2.36. The van der Waals surface area contributed by atoms with E-state index in [1.54, 1.807) is 0 Å². The van der Waals surface area contributed by atoms with Crippen molar-refractivity contribution < 1.29 is 4.79 Å². The van der Waals surface area contributed by atoms with Crippen molar-refractivity contribution in [3.8, 4) is 0 Å². The van der Waals surface area contributed by atoms with E-state index in [0.717, 1.165) is 25.7 Å². The van der Waals surface area contributed by atoms with Gasteiger partial charge in [0.1, 0.15) is 0 Å². The Labute approximate surface area is 99.7 Å². The van der Waals surface area contributed by atoms with Gasteiger partial charge in [-0.05, 0) is 33.1 Å². The van der Waals surface area contributed by atoms with Crippen molar-refractivity contribution in [3.05, 3.63) is 12.7 Å². The van der Waals surface area contributed by atoms with Gasteiger partial charge in [-0.1, -0.05) is 19.4 Å². The number of carbonyl (C=O) groups is 1. The highest BCUT2D eigenvalue weighted by Crippen LogP contribution is 2.04. The number of hydrogen-bond donors (Lipinski definition) is 2. The largest absolute Gasteiger partial charge is 0.353 e. The van der Waals surface area contributed by atoms with Gasteiger partial charge in [0.15, 0.2) is 0 Å². The molecule has 0 saturated carbocycles. The number of hydrogen-bond acceptors (Lipinski definition) is 2. The number of rotatable bonds is 9. The molecular formula is C13H26N2O. The van der Waals surface area contributed by atoms with Crippen LogP contribution in [0.3, 0.4) is 0 Å². The molecule has 94 valence electrons. The van der Waals surface area contributed by atoms with Crippen molar-refractivity contribution in [1.29, 1.82) is 0 Å². The SMILES string of the molecule is C=CCCC(CCC)NCC(=O)NC(C)C. The summed E-state index contributed by atoms with van der Waals surface area (Å²) >= 11 is 0. The van der Waals surface area contributed by atoms with E-state index in [1.807, 2.05) is 19.9 Å². The number of allylic oxidation sites excluding steroid dienone is 1. The van der Waals surface area contributed by atoms with E-state index in [4.69, 9.17) is 0 Å². The van der Waals surface area contributed by atoms with Gasteiger partial charge in [-0.3, -0.25) is 4.79 Å². The van der Waals surface area contributed by atoms with Crippen LogP contribution in [0.2, 0.25) is 0 Å². The van der Waals surface area contributed by atoms with Crippen LogP contribution in [0.15, 0.2) is 12.7 Å². The molecule has 0 fully saturated rings. The van der Waals surface area contributed by atoms with E-state index in [9.17, 15) is 4.79 Å². The first-order valence-corrected chi connectivity index (χ1v) is 6.23. The normalized spacial score (nSPS) is 12.5. The van der Waals surface area contributed by atoms with Crippen LogP contribution in [0.4, 0.5) is 0 Å². The Morgan fingerprint density at radius 3 is 2.56 bits per heavy atom. The Morgan fingerprint density at radius 2 is 2.06 bits per heavy atom. The third-order valence-corrected chi connectivity index (χ3v) is 2.36. The van der Waals surface area contributed by atoms with E-state index >= 15 is 0 Å². The van der Waals surface area contributed by atoms with Crippen LogP contribution in [-0.2, 0) is 4.79 Å². The summed E-state index contributed by atoms with van der Waals surface area (Å²) in [6.45, 7) is 10.2. The molecule has 0 aliphatic carbocycles. The number of nitrogens with one attached hydrogen (secondary N) is 2. The molecule has 1 atom stereocenters. The highest BCUT2D eigenvalue weighted by atomic mass is 16.1. The fourth-order valence-electron chi connectivity index (χ4n) is 1.63. The molecule has 1 unspecified atom stereocenters. The molecule has 0 aromatic heterocycles. The second-order valence-corrected chi connectivity index (χ2v) is 4.45. The molecule has 3 nitrogen and oxygen atoms in total. The van der Waals surface area contributed by atoms with Crippen LogP contribution >= 0.6 is 0 Å². The van der Waals surface area contributed by atoms with Gasteiger partial charge in [-0.15, -0.1) is 6.58 Å². The van der Waals surface area contributed by atoms with Gasteiger partial charge >= 0.3 is 0 Å². The quantitative estimate of drug-likeness (QED) is 0.592. The van der Waals surface area contributed by atoms with Crippen LogP contribution in [0.5, 0.6) is 0 Å². The van der Waals surface area contributed by atoms with Crippen LogP contribution in [0.25, 0.3) is 0 Å². The van der Waals surface area contributed by atoms with Crippen LogP contribution in [-0.4, -0.2) is 24.5 Å². The molecule has 2 N–H and O–H groups in total. The maximum absolute atomic E-state index is 11.4. The summed E-state index contributed by atoms with van der Waals surface area (Å²) in [4.78, 5) is 11.4. The van der Waals surface area contributed by atoms with Crippen molar-refractivity contribution in [1.82, 2.24) is 10.6 Å². The van der Waals surface area contributed by atoms with Crippen LogP contribution in [0, 0.1) is 0 Å². The van der Waals surface area contributed by atoms with Crippen molar-refractivity contribution in [3.63, 3.8) is 0 Å². The van der Waals surface area contributed by atoms with E-state index in [0.29, 0.717) is 12.6 Å². The van der Waals surface area contributed by atoms with E-state index in [2.05, 4.69) is 24.1 Å². The Hall–Kier alpha value is -0.830. The number of amides is 1. The summed E-state index contributed by atoms with van der Waals surface area (Å²) in [6.07, 6.45) is 6.25. The predicted octanol–water partition coefficient (Wildman–Crippen LogP) is 2.24. The van der Waals surface area contributed by atoms with Crippen LogP contribution in [0.1, 0.15) is 46.5 Å². The molecule has 0 bridgehead atoms. The minimum atomic E-state index is 0.0784. The highest BCUT2D eigenvalue weighted by Gasteiger charge is 2.09. The van der Waals surface area contributed by atoms with Crippen LogP contribution < -0.4 is 10.6 Å². The van der Waals surface area contributed by atoms with Gasteiger partial charge in [-0.25, -0.2) is 0 Å². The topological polar surface area (TPSA) is 41.1 Å². The zero-order valence-corrected chi connectivity index (χ0v) is 10.9. The standard InChI is InChI=1S/C13H26N2O/c1-5-7-9-12(8-6-2)14-10-13(16)15-11(3)4/h5,11-12,14H,1,6-10H2,2-4H3,(H,15,16). The molecule has 0 saturated heterocycles. The van der Waals surface area contributed by atoms with Crippen molar-refractivity contribution >= 4 is 5.91 Å². The Kier molecular flexibility index (Phi) is 8.91. The second-order valence-electron chi connectivity index (χ2n) is 4.45. The van der Waals surface area contributed by atoms with E-state index < -0.39 is 0 Å². The van der Waals surface area contributed by atoms with Crippen molar-refractivity contribution in [2.24, 2.45) is 0 Å². The monoisotopic (exact) mass is 226 g/mol. The van der Waals surface area contributed by atoms with Gasteiger partial charge < -0.3 is 10.6 Å². The third kappa shape index (κ3) is 8.48. The molecule has 0 radical (unpaired) electrons. The van der Waals surface area contributed by atoms with Gasteiger partial charge in [0.2, 0.25) is 5.91 Å². The van der Waals surface area contributed by atoms with Gasteiger partial charge in [0.25, 0.3) is 0 Å². The lowest BCUT2D eigenvalue weighted by Gasteiger charge is -2.17. The lowest BCUT2D eigenvalue weighted by molar-refractivity contribution is -0.120. The van der Waals surface area contributed by atoms with Crippen molar-refractivity contribution in [2.45, 2.75) is 58.5 Å². The fraction of sp³-hybridized carbons (Fsp3) is 0.769. The molecule has 3 heteroatoms. The Bertz CT molecular complexity index is 202. The van der Waals surface area contributed by atoms with E-state index in [1.165, 1.54) is 0 Å². The average Bonchev–Trinajstić information content (AvgIpc) is 2.21. The molecule has 0 aromatic rings. The van der Waals surface area contributed by atoms with Gasteiger partial charge in [0.05, 0.1) is 6.54 Å². The lowest BCUT2D eigenvalue weighted by Crippen LogP contribution is -2.41. The van der Waals surface area contributed by atoms with Gasteiger partial charge in [-0.2, -0.15) is 0 Å². The summed E-state index contributed by atoms with van der Waals surface area (Å²) < 4.78 is 0. The Morgan fingerprint density at radius 1 is 1.38 bits per heavy atom. The summed E-state index contributed by atoms with van der Waals surface area (Å²) in [7, 11) is 0. The molecule has 0 spiro atoms. The molecule has 16 heavy (non-hydrogen) atoms. The molecular weight excluding hydrogens is 200 g/mol. The minimum Gasteiger partial charge on any atom is -0.353 e. The van der Waals surface area contributed by atoms with E-state index in [-0.39, 0.29) is 11.9 Å². The first kappa shape index (κ1) is 15.2. The highest BCUT2D eigenvalue weighted by molar-refractivity contribution is 5.78. The maximum Gasteiger partial charge on any atom is 0.234 e. The summed E-state index contributed by atoms with van der Waals surface area (Å²) in [5.41, 5.74) is 0. The summed E-state index contributed by atoms with van der Waals surface area (Å²) in [5.74, 6) is 0.0784. The molecule has 0 aliphatic rings.